The third kappa shape index (κ3) is 4.13. The molecule has 0 aliphatic carbocycles. The third-order valence-corrected chi connectivity index (χ3v) is 4.68. The van der Waals surface area contributed by atoms with Gasteiger partial charge >= 0.3 is 0 Å². The Hall–Kier alpha value is -0.710. The van der Waals surface area contributed by atoms with Crippen LogP contribution in [0.1, 0.15) is 24.7 Å². The maximum absolute atomic E-state index is 5.31. The van der Waals surface area contributed by atoms with Gasteiger partial charge in [0.25, 0.3) is 0 Å². The summed E-state index contributed by atoms with van der Waals surface area (Å²) in [4.78, 5) is 2.39. The first kappa shape index (κ1) is 14.7. The smallest absolute Gasteiger partial charge is 0.114 e. The Morgan fingerprint density at radius 3 is 2.79 bits per heavy atom. The van der Waals surface area contributed by atoms with Crippen molar-refractivity contribution in [3.63, 3.8) is 0 Å². The summed E-state index contributed by atoms with van der Waals surface area (Å²) in [6, 6.07) is 8.50. The fourth-order valence-corrected chi connectivity index (χ4v) is 3.29. The van der Waals surface area contributed by atoms with E-state index in [2.05, 4.69) is 46.4 Å². The molecular formula is C15H18BrNOS. The van der Waals surface area contributed by atoms with Gasteiger partial charge in [0.1, 0.15) is 5.76 Å². The fraction of sp³-hybridized carbons (Fsp3) is 0.333. The number of nitrogens with one attached hydrogen (secondary N) is 1. The molecule has 0 atom stereocenters. The van der Waals surface area contributed by atoms with Gasteiger partial charge < -0.3 is 9.73 Å². The van der Waals surface area contributed by atoms with E-state index in [1.807, 2.05) is 13.0 Å². The number of rotatable bonds is 6. The first-order valence-electron chi connectivity index (χ1n) is 6.41. The van der Waals surface area contributed by atoms with E-state index in [1.54, 1.807) is 18.0 Å². The molecule has 0 spiro atoms. The van der Waals surface area contributed by atoms with Crippen LogP contribution < -0.4 is 5.32 Å². The maximum Gasteiger partial charge on any atom is 0.114 e. The van der Waals surface area contributed by atoms with E-state index in [4.69, 9.17) is 4.42 Å². The molecule has 2 aromatic rings. The van der Waals surface area contributed by atoms with Crippen molar-refractivity contribution < 1.29 is 4.42 Å². The summed E-state index contributed by atoms with van der Waals surface area (Å²) in [6.45, 7) is 6.12. The summed E-state index contributed by atoms with van der Waals surface area (Å²) in [6.07, 6.45) is 2.89. The molecule has 0 amide bonds. The van der Waals surface area contributed by atoms with Crippen LogP contribution in [0.3, 0.4) is 0 Å². The van der Waals surface area contributed by atoms with Crippen molar-refractivity contribution in [2.45, 2.75) is 36.6 Å². The SMILES string of the molecule is CCCNCc1ccc(Sc2ccoc2C)cc1Br. The Kier molecular flexibility index (Phi) is 5.55. The number of hydrogen-bond acceptors (Lipinski definition) is 3. The normalized spacial score (nSPS) is 10.9. The number of hydrogen-bond donors (Lipinski definition) is 1. The first-order valence-corrected chi connectivity index (χ1v) is 8.02. The van der Waals surface area contributed by atoms with E-state index in [0.717, 1.165) is 29.7 Å². The topological polar surface area (TPSA) is 25.2 Å². The summed E-state index contributed by atoms with van der Waals surface area (Å²) in [5.74, 6) is 0.967. The lowest BCUT2D eigenvalue weighted by molar-refractivity contribution is 0.527. The van der Waals surface area contributed by atoms with Crippen molar-refractivity contribution >= 4 is 27.7 Å². The van der Waals surface area contributed by atoms with Gasteiger partial charge in [-0.2, -0.15) is 0 Å². The molecule has 0 aliphatic heterocycles. The minimum Gasteiger partial charge on any atom is -0.468 e. The van der Waals surface area contributed by atoms with Crippen LogP contribution in [0.15, 0.2) is 49.2 Å². The van der Waals surface area contributed by atoms with Crippen molar-refractivity contribution in [3.05, 3.63) is 46.3 Å². The zero-order valence-corrected chi connectivity index (χ0v) is 13.6. The molecule has 0 saturated heterocycles. The summed E-state index contributed by atoms with van der Waals surface area (Å²) >= 11 is 5.37. The van der Waals surface area contributed by atoms with Gasteiger partial charge in [-0.15, -0.1) is 0 Å². The van der Waals surface area contributed by atoms with Crippen LogP contribution in [-0.2, 0) is 6.54 Å². The van der Waals surface area contributed by atoms with Gasteiger partial charge in [-0.1, -0.05) is 40.7 Å². The number of aryl methyl sites for hydroxylation is 1. The first-order chi connectivity index (χ1) is 9.20. The van der Waals surface area contributed by atoms with Crippen LogP contribution in [0.2, 0.25) is 0 Å². The van der Waals surface area contributed by atoms with Crippen LogP contribution in [0, 0.1) is 6.92 Å². The standard InChI is InChI=1S/C15H18BrNOS/c1-3-7-17-10-12-4-5-13(9-14(12)16)19-15-6-8-18-11(15)2/h4-6,8-9,17H,3,7,10H2,1-2H3. The van der Waals surface area contributed by atoms with Gasteiger partial charge in [0.15, 0.2) is 0 Å². The Morgan fingerprint density at radius 1 is 1.32 bits per heavy atom. The Balaban J connectivity index is 2.04. The van der Waals surface area contributed by atoms with Gasteiger partial charge in [0.2, 0.25) is 0 Å². The van der Waals surface area contributed by atoms with Gasteiger partial charge in [-0.25, -0.2) is 0 Å². The third-order valence-electron chi connectivity index (χ3n) is 2.81. The van der Waals surface area contributed by atoms with Gasteiger partial charge in [0.05, 0.1) is 11.2 Å². The predicted molar refractivity (Wildman–Crippen MR) is 83.7 cm³/mol. The maximum atomic E-state index is 5.31. The molecule has 0 aliphatic rings. The molecule has 102 valence electrons. The van der Waals surface area contributed by atoms with Crippen LogP contribution >= 0.6 is 27.7 Å². The van der Waals surface area contributed by atoms with Crippen molar-refractivity contribution in [2.75, 3.05) is 6.54 Å². The highest BCUT2D eigenvalue weighted by Gasteiger charge is 2.06. The molecule has 2 rings (SSSR count). The van der Waals surface area contributed by atoms with Crippen LogP contribution in [0.5, 0.6) is 0 Å². The van der Waals surface area contributed by atoms with Crippen LogP contribution in [0.4, 0.5) is 0 Å². The van der Waals surface area contributed by atoms with E-state index < -0.39 is 0 Å². The molecule has 0 bridgehead atoms. The molecule has 1 aromatic carbocycles. The molecule has 1 heterocycles. The molecule has 19 heavy (non-hydrogen) atoms. The second kappa shape index (κ2) is 7.17. The summed E-state index contributed by atoms with van der Waals surface area (Å²) in [5.41, 5.74) is 1.29. The van der Waals surface area contributed by atoms with Crippen molar-refractivity contribution in [1.82, 2.24) is 5.32 Å². The molecule has 4 heteroatoms. The summed E-state index contributed by atoms with van der Waals surface area (Å²) < 4.78 is 6.47. The predicted octanol–water partition coefficient (Wildman–Crippen LogP) is 5.00. The number of halogens is 1. The van der Waals surface area contributed by atoms with Crippen molar-refractivity contribution in [1.29, 1.82) is 0 Å². The molecule has 0 fully saturated rings. The second-order valence-electron chi connectivity index (χ2n) is 4.37. The summed E-state index contributed by atoms with van der Waals surface area (Å²) in [5, 5.41) is 3.41. The van der Waals surface area contributed by atoms with E-state index in [9.17, 15) is 0 Å². The molecule has 0 unspecified atom stereocenters. The van der Waals surface area contributed by atoms with Gasteiger partial charge in [-0.05, 0) is 43.7 Å². The zero-order valence-electron chi connectivity index (χ0n) is 11.2. The van der Waals surface area contributed by atoms with Crippen LogP contribution in [0.25, 0.3) is 0 Å². The van der Waals surface area contributed by atoms with Gasteiger partial charge in [0, 0.05) is 15.9 Å². The molecule has 1 N–H and O–H groups in total. The highest BCUT2D eigenvalue weighted by molar-refractivity contribution is 9.10. The van der Waals surface area contributed by atoms with E-state index in [0.29, 0.717) is 0 Å². The monoisotopic (exact) mass is 339 g/mol. The fourth-order valence-electron chi connectivity index (χ4n) is 1.74. The zero-order chi connectivity index (χ0) is 13.7. The minimum absolute atomic E-state index is 0.907. The highest BCUT2D eigenvalue weighted by Crippen LogP contribution is 2.33. The lowest BCUT2D eigenvalue weighted by atomic mass is 10.2. The molecular weight excluding hydrogens is 322 g/mol. The average Bonchev–Trinajstić information content (AvgIpc) is 2.78. The quantitative estimate of drug-likeness (QED) is 0.749. The number of benzene rings is 1. The van der Waals surface area contributed by atoms with Crippen LogP contribution in [-0.4, -0.2) is 6.54 Å². The number of furan rings is 1. The molecule has 2 nitrogen and oxygen atoms in total. The second-order valence-corrected chi connectivity index (χ2v) is 6.34. The Labute approximate surface area is 127 Å². The molecule has 1 aromatic heterocycles. The Morgan fingerprint density at radius 2 is 2.16 bits per heavy atom. The van der Waals surface area contributed by atoms with E-state index >= 15 is 0 Å². The lowest BCUT2D eigenvalue weighted by Crippen LogP contribution is -2.14. The molecule has 0 saturated carbocycles. The average molecular weight is 340 g/mol. The van der Waals surface area contributed by atoms with E-state index in [1.165, 1.54) is 15.4 Å². The minimum atomic E-state index is 0.907. The summed E-state index contributed by atoms with van der Waals surface area (Å²) in [7, 11) is 0. The highest BCUT2D eigenvalue weighted by atomic mass is 79.9. The van der Waals surface area contributed by atoms with E-state index in [-0.39, 0.29) is 0 Å². The largest absolute Gasteiger partial charge is 0.468 e. The van der Waals surface area contributed by atoms with Crippen molar-refractivity contribution in [2.24, 2.45) is 0 Å². The van der Waals surface area contributed by atoms with Crippen molar-refractivity contribution in [3.8, 4) is 0 Å². The molecule has 0 radical (unpaired) electrons. The van der Waals surface area contributed by atoms with Gasteiger partial charge in [-0.3, -0.25) is 0 Å². The Bertz CT molecular complexity index is 539. The lowest BCUT2D eigenvalue weighted by Gasteiger charge is -2.08.